The van der Waals surface area contributed by atoms with Gasteiger partial charge < -0.3 is 10.6 Å². The van der Waals surface area contributed by atoms with Crippen molar-refractivity contribution < 1.29 is 0 Å². The number of anilines is 1. The molecule has 100 valence electrons. The van der Waals surface area contributed by atoms with Crippen molar-refractivity contribution in [3.05, 3.63) is 28.8 Å². The number of piperidine rings is 1. The molecule has 2 nitrogen and oxygen atoms in total. The molecule has 0 aliphatic carbocycles. The number of nitrogens with zero attached hydrogens (tertiary/aromatic N) is 1. The molecule has 0 spiro atoms. The first-order valence-electron chi connectivity index (χ1n) is 6.85. The second-order valence-electron chi connectivity index (χ2n) is 5.55. The summed E-state index contributed by atoms with van der Waals surface area (Å²) in [6, 6.07) is 6.07. The van der Waals surface area contributed by atoms with Gasteiger partial charge in [0.1, 0.15) is 0 Å². The highest BCUT2D eigenvalue weighted by Crippen LogP contribution is 2.30. The number of hydrogen-bond donors (Lipinski definition) is 1. The van der Waals surface area contributed by atoms with Crippen molar-refractivity contribution in [2.75, 3.05) is 18.0 Å². The molecule has 1 heterocycles. The predicted molar refractivity (Wildman–Crippen MR) is 79.1 cm³/mol. The van der Waals surface area contributed by atoms with E-state index in [1.165, 1.54) is 18.5 Å². The molecule has 1 aliphatic rings. The van der Waals surface area contributed by atoms with Crippen LogP contribution in [0, 0.1) is 11.8 Å². The zero-order valence-electron chi connectivity index (χ0n) is 11.3. The van der Waals surface area contributed by atoms with E-state index in [0.717, 1.165) is 35.5 Å². The van der Waals surface area contributed by atoms with Crippen molar-refractivity contribution in [2.24, 2.45) is 17.6 Å². The summed E-state index contributed by atoms with van der Waals surface area (Å²) in [4.78, 5) is 2.46. The van der Waals surface area contributed by atoms with E-state index >= 15 is 0 Å². The fraction of sp³-hybridized carbons (Fsp3) is 0.600. The van der Waals surface area contributed by atoms with Crippen LogP contribution in [0.3, 0.4) is 0 Å². The molecule has 0 radical (unpaired) electrons. The molecule has 1 saturated heterocycles. The second-order valence-corrected chi connectivity index (χ2v) is 5.98. The molecule has 18 heavy (non-hydrogen) atoms. The lowest BCUT2D eigenvalue weighted by Crippen LogP contribution is -2.35. The van der Waals surface area contributed by atoms with Crippen LogP contribution in [0.15, 0.2) is 18.2 Å². The van der Waals surface area contributed by atoms with Gasteiger partial charge in [-0.05, 0) is 48.4 Å². The Kier molecular flexibility index (Phi) is 4.52. The van der Waals surface area contributed by atoms with Gasteiger partial charge in [-0.2, -0.15) is 0 Å². The van der Waals surface area contributed by atoms with Crippen LogP contribution < -0.4 is 10.6 Å². The third-order valence-electron chi connectivity index (χ3n) is 4.08. The largest absolute Gasteiger partial charge is 0.371 e. The van der Waals surface area contributed by atoms with Crippen LogP contribution in [-0.4, -0.2) is 13.1 Å². The van der Waals surface area contributed by atoms with Crippen LogP contribution in [0.5, 0.6) is 0 Å². The number of rotatable bonds is 3. The van der Waals surface area contributed by atoms with Gasteiger partial charge in [0.25, 0.3) is 0 Å². The summed E-state index contributed by atoms with van der Waals surface area (Å²) < 4.78 is 0. The fourth-order valence-electron chi connectivity index (χ4n) is 2.83. The van der Waals surface area contributed by atoms with Crippen molar-refractivity contribution in [2.45, 2.75) is 33.2 Å². The average molecular weight is 267 g/mol. The molecule has 1 aromatic rings. The molecule has 2 N–H and O–H groups in total. The topological polar surface area (TPSA) is 29.3 Å². The van der Waals surface area contributed by atoms with E-state index < -0.39 is 0 Å². The Balaban J connectivity index is 2.09. The molecular weight excluding hydrogens is 244 g/mol. The summed E-state index contributed by atoms with van der Waals surface area (Å²) in [5, 5.41) is 0.774. The van der Waals surface area contributed by atoms with Gasteiger partial charge in [-0.15, -0.1) is 0 Å². The van der Waals surface area contributed by atoms with Crippen molar-refractivity contribution in [3.63, 3.8) is 0 Å². The van der Waals surface area contributed by atoms with E-state index in [4.69, 9.17) is 17.3 Å². The SMILES string of the molecule is CC(C)C1CCN(c2ccc(Cl)cc2CN)CC1. The zero-order valence-corrected chi connectivity index (χ0v) is 12.1. The van der Waals surface area contributed by atoms with Gasteiger partial charge in [0.15, 0.2) is 0 Å². The summed E-state index contributed by atoms with van der Waals surface area (Å²) in [5.41, 5.74) is 8.24. The monoisotopic (exact) mass is 266 g/mol. The quantitative estimate of drug-likeness (QED) is 0.905. The maximum atomic E-state index is 6.03. The van der Waals surface area contributed by atoms with E-state index in [1.807, 2.05) is 12.1 Å². The first kappa shape index (κ1) is 13.7. The van der Waals surface area contributed by atoms with Crippen molar-refractivity contribution in [1.29, 1.82) is 0 Å². The van der Waals surface area contributed by atoms with Gasteiger partial charge in [0.2, 0.25) is 0 Å². The maximum Gasteiger partial charge on any atom is 0.0412 e. The minimum absolute atomic E-state index is 0.556. The van der Waals surface area contributed by atoms with Crippen LogP contribution in [0.1, 0.15) is 32.3 Å². The number of benzene rings is 1. The van der Waals surface area contributed by atoms with Crippen LogP contribution in [0.25, 0.3) is 0 Å². The zero-order chi connectivity index (χ0) is 13.1. The van der Waals surface area contributed by atoms with E-state index in [2.05, 4.69) is 24.8 Å². The average Bonchev–Trinajstić information content (AvgIpc) is 2.38. The fourth-order valence-corrected chi connectivity index (χ4v) is 3.03. The lowest BCUT2D eigenvalue weighted by Gasteiger charge is -2.36. The summed E-state index contributed by atoms with van der Waals surface area (Å²) >= 11 is 6.03. The minimum Gasteiger partial charge on any atom is -0.371 e. The molecule has 1 fully saturated rings. The number of halogens is 1. The highest BCUT2D eigenvalue weighted by Gasteiger charge is 2.22. The predicted octanol–water partition coefficient (Wildman–Crippen LogP) is 3.67. The molecule has 0 atom stereocenters. The van der Waals surface area contributed by atoms with E-state index in [-0.39, 0.29) is 0 Å². The van der Waals surface area contributed by atoms with Crippen molar-refractivity contribution in [1.82, 2.24) is 0 Å². The first-order valence-corrected chi connectivity index (χ1v) is 7.23. The highest BCUT2D eigenvalue weighted by atomic mass is 35.5. The second kappa shape index (κ2) is 5.94. The van der Waals surface area contributed by atoms with Crippen LogP contribution in [-0.2, 0) is 6.54 Å². The highest BCUT2D eigenvalue weighted by molar-refractivity contribution is 6.30. The normalized spacial score (nSPS) is 17.5. The lowest BCUT2D eigenvalue weighted by molar-refractivity contribution is 0.311. The third-order valence-corrected chi connectivity index (χ3v) is 4.32. The molecule has 0 amide bonds. The van der Waals surface area contributed by atoms with Crippen molar-refractivity contribution in [3.8, 4) is 0 Å². The van der Waals surface area contributed by atoms with E-state index in [9.17, 15) is 0 Å². The summed E-state index contributed by atoms with van der Waals surface area (Å²) in [6.45, 7) is 7.48. The molecule has 0 saturated carbocycles. The lowest BCUT2D eigenvalue weighted by atomic mass is 9.86. The number of hydrogen-bond acceptors (Lipinski definition) is 2. The Morgan fingerprint density at radius 2 is 2.00 bits per heavy atom. The van der Waals surface area contributed by atoms with Gasteiger partial charge in [-0.25, -0.2) is 0 Å². The minimum atomic E-state index is 0.556. The molecule has 1 aromatic carbocycles. The number of nitrogens with two attached hydrogens (primary N) is 1. The van der Waals surface area contributed by atoms with E-state index in [0.29, 0.717) is 6.54 Å². The van der Waals surface area contributed by atoms with E-state index in [1.54, 1.807) is 0 Å². The van der Waals surface area contributed by atoms with Gasteiger partial charge in [0.05, 0.1) is 0 Å². The Morgan fingerprint density at radius 3 is 2.56 bits per heavy atom. The molecular formula is C15H23ClN2. The first-order chi connectivity index (χ1) is 8.61. The van der Waals surface area contributed by atoms with Gasteiger partial charge in [-0.1, -0.05) is 25.4 Å². The van der Waals surface area contributed by atoms with Crippen LogP contribution >= 0.6 is 11.6 Å². The Morgan fingerprint density at radius 1 is 1.33 bits per heavy atom. The standard InChI is InChI=1S/C15H23ClN2/c1-11(2)12-5-7-18(8-6-12)15-4-3-14(16)9-13(15)10-17/h3-4,9,11-12H,5-8,10,17H2,1-2H3. The van der Waals surface area contributed by atoms with Crippen LogP contribution in [0.4, 0.5) is 5.69 Å². The van der Waals surface area contributed by atoms with Crippen molar-refractivity contribution >= 4 is 17.3 Å². The molecule has 0 unspecified atom stereocenters. The summed E-state index contributed by atoms with van der Waals surface area (Å²) in [7, 11) is 0. The maximum absolute atomic E-state index is 6.03. The van der Waals surface area contributed by atoms with Gasteiger partial charge >= 0.3 is 0 Å². The van der Waals surface area contributed by atoms with Gasteiger partial charge in [0, 0.05) is 30.3 Å². The third kappa shape index (κ3) is 2.99. The summed E-state index contributed by atoms with van der Waals surface area (Å²) in [5.74, 6) is 1.67. The molecule has 0 bridgehead atoms. The molecule has 2 rings (SSSR count). The molecule has 1 aliphatic heterocycles. The Hall–Kier alpha value is -0.730. The molecule has 0 aromatic heterocycles. The van der Waals surface area contributed by atoms with Crippen LogP contribution in [0.2, 0.25) is 5.02 Å². The van der Waals surface area contributed by atoms with Gasteiger partial charge in [-0.3, -0.25) is 0 Å². The summed E-state index contributed by atoms with van der Waals surface area (Å²) in [6.07, 6.45) is 2.56. The smallest absolute Gasteiger partial charge is 0.0412 e. The Labute approximate surface area is 115 Å². The molecule has 3 heteroatoms. The Bertz CT molecular complexity index is 395.